The van der Waals surface area contributed by atoms with Crippen LogP contribution in [0.15, 0.2) is 59.0 Å². The topological polar surface area (TPSA) is 106 Å². The van der Waals surface area contributed by atoms with Crippen molar-refractivity contribution < 1.29 is 14.3 Å². The molecule has 0 bridgehead atoms. The Hall–Kier alpha value is -3.96. The van der Waals surface area contributed by atoms with E-state index in [2.05, 4.69) is 10.3 Å². The van der Waals surface area contributed by atoms with Gasteiger partial charge in [0.15, 0.2) is 0 Å². The number of carbonyl (C=O) groups excluding carboxylic acids is 1. The molecule has 0 fully saturated rings. The van der Waals surface area contributed by atoms with Gasteiger partial charge in [0.2, 0.25) is 5.88 Å². The Morgan fingerprint density at radius 3 is 2.73 bits per heavy atom. The summed E-state index contributed by atoms with van der Waals surface area (Å²) in [5, 5.41) is 12.3. The van der Waals surface area contributed by atoms with Gasteiger partial charge in [0.1, 0.15) is 28.6 Å². The molecule has 33 heavy (non-hydrogen) atoms. The van der Waals surface area contributed by atoms with Gasteiger partial charge in [-0.2, -0.15) is 10.2 Å². The number of nitrogens with one attached hydrogen (secondary N) is 1. The van der Waals surface area contributed by atoms with Gasteiger partial charge in [-0.1, -0.05) is 24.3 Å². The van der Waals surface area contributed by atoms with E-state index in [0.717, 1.165) is 5.56 Å². The first kappa shape index (κ1) is 23.7. The van der Waals surface area contributed by atoms with E-state index in [1.165, 1.54) is 10.5 Å². The second-order valence-corrected chi connectivity index (χ2v) is 7.63. The molecule has 0 aliphatic rings. The minimum Gasteiger partial charge on any atom is -0.438 e. The number of hydrogen-bond acceptors (Lipinski definition) is 6. The first-order valence-electron chi connectivity index (χ1n) is 10.7. The molecule has 2 heterocycles. The summed E-state index contributed by atoms with van der Waals surface area (Å²) in [6.45, 7) is 6.57. The number of carbonyl (C=O) groups is 1. The third-order valence-corrected chi connectivity index (χ3v) is 4.75. The third-order valence-electron chi connectivity index (χ3n) is 4.75. The zero-order chi connectivity index (χ0) is 23.8. The maximum Gasteiger partial charge on any atom is 0.269 e. The van der Waals surface area contributed by atoms with Crippen LogP contribution in [-0.4, -0.2) is 34.5 Å². The Bertz CT molecular complexity index is 1270. The molecule has 0 aliphatic heterocycles. The molecule has 0 atom stereocenters. The number of nitrogens with zero attached hydrogens (tertiary/aromatic N) is 3. The lowest BCUT2D eigenvalue weighted by atomic mass is 10.1. The average molecular weight is 447 g/mol. The molecular weight excluding hydrogens is 420 g/mol. The van der Waals surface area contributed by atoms with Crippen molar-refractivity contribution >= 4 is 17.6 Å². The van der Waals surface area contributed by atoms with E-state index in [0.29, 0.717) is 31.0 Å². The fourth-order valence-corrected chi connectivity index (χ4v) is 3.04. The molecule has 3 aromatic rings. The van der Waals surface area contributed by atoms with E-state index < -0.39 is 11.5 Å². The van der Waals surface area contributed by atoms with Gasteiger partial charge in [0.05, 0.1) is 6.10 Å². The lowest BCUT2D eigenvalue weighted by molar-refractivity contribution is -0.117. The molecule has 0 unspecified atom stereocenters. The number of nitriles is 1. The van der Waals surface area contributed by atoms with Crippen LogP contribution in [0.4, 0.5) is 0 Å². The van der Waals surface area contributed by atoms with Gasteiger partial charge in [0, 0.05) is 19.3 Å². The second-order valence-electron chi connectivity index (χ2n) is 7.63. The van der Waals surface area contributed by atoms with E-state index in [1.807, 2.05) is 45.0 Å². The molecule has 8 heteroatoms. The van der Waals surface area contributed by atoms with Gasteiger partial charge in [0.25, 0.3) is 11.5 Å². The predicted octanol–water partition coefficient (Wildman–Crippen LogP) is 3.63. The molecule has 0 saturated heterocycles. The standard InChI is InChI=1S/C25H26N4O4/c1-17(2)32-14-8-12-27-23(30)19(16-26)15-20-24(33-21-10-5-4-9-18(21)3)28-22-11-6-7-13-29(22)25(20)31/h4-7,9-11,13,15,17H,8,12,14H2,1-3H3,(H,27,30). The van der Waals surface area contributed by atoms with Crippen molar-refractivity contribution in [1.29, 1.82) is 5.26 Å². The number of para-hydroxylation sites is 1. The average Bonchev–Trinajstić information content (AvgIpc) is 2.80. The zero-order valence-electron chi connectivity index (χ0n) is 18.9. The van der Waals surface area contributed by atoms with Crippen molar-refractivity contribution in [2.75, 3.05) is 13.2 Å². The van der Waals surface area contributed by atoms with Gasteiger partial charge >= 0.3 is 0 Å². The van der Waals surface area contributed by atoms with Crippen molar-refractivity contribution in [3.05, 3.63) is 75.7 Å². The number of pyridine rings is 1. The van der Waals surface area contributed by atoms with Gasteiger partial charge < -0.3 is 14.8 Å². The quantitative estimate of drug-likeness (QED) is 0.306. The summed E-state index contributed by atoms with van der Waals surface area (Å²) in [4.78, 5) is 30.2. The van der Waals surface area contributed by atoms with Gasteiger partial charge in [-0.15, -0.1) is 0 Å². The van der Waals surface area contributed by atoms with E-state index >= 15 is 0 Å². The van der Waals surface area contributed by atoms with E-state index in [-0.39, 0.29) is 23.1 Å². The number of benzene rings is 1. The van der Waals surface area contributed by atoms with E-state index in [9.17, 15) is 14.9 Å². The van der Waals surface area contributed by atoms with Crippen molar-refractivity contribution in [3.8, 4) is 17.7 Å². The van der Waals surface area contributed by atoms with Crippen LogP contribution in [0, 0.1) is 18.3 Å². The van der Waals surface area contributed by atoms with Crippen molar-refractivity contribution in [3.63, 3.8) is 0 Å². The van der Waals surface area contributed by atoms with Crippen molar-refractivity contribution in [2.24, 2.45) is 0 Å². The number of fused-ring (bicyclic) bond motifs is 1. The third kappa shape index (κ3) is 6.05. The minimum atomic E-state index is -0.582. The van der Waals surface area contributed by atoms with Crippen LogP contribution in [0.3, 0.4) is 0 Å². The SMILES string of the molecule is Cc1ccccc1Oc1nc2ccccn2c(=O)c1C=C(C#N)C(=O)NCCCOC(C)C. The number of rotatable bonds is 9. The van der Waals surface area contributed by atoms with Crippen LogP contribution in [0.2, 0.25) is 0 Å². The Morgan fingerprint density at radius 2 is 2.00 bits per heavy atom. The summed E-state index contributed by atoms with van der Waals surface area (Å²) in [5.41, 5.74) is 0.580. The van der Waals surface area contributed by atoms with Crippen LogP contribution in [-0.2, 0) is 9.53 Å². The molecule has 1 amide bonds. The van der Waals surface area contributed by atoms with Gasteiger partial charge in [-0.3, -0.25) is 14.0 Å². The van der Waals surface area contributed by atoms with Crippen LogP contribution < -0.4 is 15.6 Å². The highest BCUT2D eigenvalue weighted by Gasteiger charge is 2.17. The Balaban J connectivity index is 1.95. The first-order valence-corrected chi connectivity index (χ1v) is 10.7. The minimum absolute atomic E-state index is 0.0109. The fourth-order valence-electron chi connectivity index (χ4n) is 3.04. The predicted molar refractivity (Wildman–Crippen MR) is 125 cm³/mol. The molecule has 1 aromatic carbocycles. The van der Waals surface area contributed by atoms with Crippen LogP contribution in [0.25, 0.3) is 11.7 Å². The molecule has 2 aromatic heterocycles. The summed E-state index contributed by atoms with van der Waals surface area (Å²) < 4.78 is 12.7. The van der Waals surface area contributed by atoms with Crippen LogP contribution in [0.5, 0.6) is 11.6 Å². The lowest BCUT2D eigenvalue weighted by Gasteiger charge is -2.12. The van der Waals surface area contributed by atoms with Crippen molar-refractivity contribution in [2.45, 2.75) is 33.3 Å². The maximum absolute atomic E-state index is 13.2. The molecule has 170 valence electrons. The van der Waals surface area contributed by atoms with Gasteiger partial charge in [-0.25, -0.2) is 0 Å². The summed E-state index contributed by atoms with van der Waals surface area (Å²) >= 11 is 0. The molecular formula is C25H26N4O4. The number of aromatic nitrogens is 2. The highest BCUT2D eigenvalue weighted by Crippen LogP contribution is 2.26. The first-order chi connectivity index (χ1) is 15.9. The number of hydrogen-bond donors (Lipinski definition) is 1. The van der Waals surface area contributed by atoms with Gasteiger partial charge in [-0.05, 0) is 57.0 Å². The molecule has 0 saturated carbocycles. The fraction of sp³-hybridized carbons (Fsp3) is 0.280. The highest BCUT2D eigenvalue weighted by molar-refractivity contribution is 6.01. The second kappa shape index (κ2) is 11.1. The molecule has 0 spiro atoms. The normalized spacial score (nSPS) is 11.4. The number of amides is 1. The molecule has 0 aliphatic carbocycles. The van der Waals surface area contributed by atoms with Crippen LogP contribution >= 0.6 is 0 Å². The molecule has 1 N–H and O–H groups in total. The van der Waals surface area contributed by atoms with Crippen LogP contribution in [0.1, 0.15) is 31.4 Å². The Morgan fingerprint density at radius 1 is 1.24 bits per heavy atom. The number of ether oxygens (including phenoxy) is 2. The molecule has 8 nitrogen and oxygen atoms in total. The molecule has 0 radical (unpaired) electrons. The monoisotopic (exact) mass is 446 g/mol. The smallest absolute Gasteiger partial charge is 0.269 e. The maximum atomic E-state index is 13.2. The van der Waals surface area contributed by atoms with E-state index in [4.69, 9.17) is 9.47 Å². The summed E-state index contributed by atoms with van der Waals surface area (Å²) in [5.74, 6) is -0.0414. The summed E-state index contributed by atoms with van der Waals surface area (Å²) in [7, 11) is 0. The lowest BCUT2D eigenvalue weighted by Crippen LogP contribution is -2.27. The van der Waals surface area contributed by atoms with E-state index in [1.54, 1.807) is 30.5 Å². The zero-order valence-corrected chi connectivity index (χ0v) is 18.9. The Labute approximate surface area is 192 Å². The summed E-state index contributed by atoms with van der Waals surface area (Å²) in [6, 6.07) is 14.3. The largest absolute Gasteiger partial charge is 0.438 e. The molecule has 3 rings (SSSR count). The number of aryl methyl sites for hydroxylation is 1. The summed E-state index contributed by atoms with van der Waals surface area (Å²) in [6.07, 6.45) is 3.50. The highest BCUT2D eigenvalue weighted by atomic mass is 16.5. The van der Waals surface area contributed by atoms with Crippen molar-refractivity contribution in [1.82, 2.24) is 14.7 Å². The Kier molecular flexibility index (Phi) is 7.95.